The van der Waals surface area contributed by atoms with Crippen LogP contribution in [0.2, 0.25) is 0 Å². The molecule has 1 rings (SSSR count). The number of ether oxygens (including phenoxy) is 1. The summed E-state index contributed by atoms with van der Waals surface area (Å²) in [6.45, 7) is 0. The number of thioether (sulfide) groups is 1. The van der Waals surface area contributed by atoms with Crippen LogP contribution >= 0.6 is 11.8 Å². The van der Waals surface area contributed by atoms with Gasteiger partial charge in [-0.3, -0.25) is 4.79 Å². The molecule has 1 heterocycles. The zero-order valence-corrected chi connectivity index (χ0v) is 6.69. The minimum atomic E-state index is -0.397. The molecule has 0 aromatic rings. The number of carbonyl (C=O) groups is 1. The normalized spacial score (nSPS) is 21.4. The fourth-order valence-corrected chi connectivity index (χ4v) is 1.71. The van der Waals surface area contributed by atoms with Crippen molar-refractivity contribution in [2.45, 2.75) is 6.04 Å². The molecule has 0 amide bonds. The van der Waals surface area contributed by atoms with Crippen LogP contribution in [0.25, 0.3) is 0 Å². The number of nitrogens with two attached hydrogens (primary N) is 1. The maximum absolute atomic E-state index is 10.8. The van der Waals surface area contributed by atoms with Crippen molar-refractivity contribution in [3.05, 3.63) is 0 Å². The second-order valence-electron chi connectivity index (χ2n) is 2.35. The lowest BCUT2D eigenvalue weighted by molar-refractivity contribution is -0.143. The number of hydrogen-bond donors (Lipinski definition) is 1. The topological polar surface area (TPSA) is 52.3 Å². The molecule has 58 valence electrons. The molecule has 3 nitrogen and oxygen atoms in total. The summed E-state index contributed by atoms with van der Waals surface area (Å²) in [5, 5.41) is 0. The first-order chi connectivity index (χ1) is 4.75. The number of methoxy groups -OCH3 is 1. The molecule has 10 heavy (non-hydrogen) atoms. The number of hydrogen-bond acceptors (Lipinski definition) is 4. The lowest BCUT2D eigenvalue weighted by atomic mass is 10.0. The average Bonchev–Trinajstić information content (AvgIpc) is 1.82. The van der Waals surface area contributed by atoms with E-state index in [9.17, 15) is 4.79 Å². The van der Waals surface area contributed by atoms with Gasteiger partial charge in [0.1, 0.15) is 6.04 Å². The average molecular weight is 161 g/mol. The summed E-state index contributed by atoms with van der Waals surface area (Å²) in [6, 6.07) is -0.397. The molecule has 1 aliphatic rings. The van der Waals surface area contributed by atoms with Crippen LogP contribution in [-0.2, 0) is 9.53 Å². The van der Waals surface area contributed by atoms with E-state index in [-0.39, 0.29) is 5.97 Å². The predicted octanol–water partition coefficient (Wildman–Crippen LogP) is -0.150. The molecule has 0 spiro atoms. The molecule has 1 atom stereocenters. The third-order valence-electron chi connectivity index (χ3n) is 1.65. The first-order valence-electron chi connectivity index (χ1n) is 3.17. The highest BCUT2D eigenvalue weighted by atomic mass is 32.2. The van der Waals surface area contributed by atoms with E-state index in [1.807, 2.05) is 11.8 Å². The lowest BCUT2D eigenvalue weighted by Gasteiger charge is -2.28. The Morgan fingerprint density at radius 1 is 1.80 bits per heavy atom. The SMILES string of the molecule is COC(=O)[C@@H](N)C1CSC1. The van der Waals surface area contributed by atoms with Crippen LogP contribution in [0, 0.1) is 5.92 Å². The molecule has 0 aromatic carbocycles. The molecule has 0 aromatic heterocycles. The smallest absolute Gasteiger partial charge is 0.322 e. The van der Waals surface area contributed by atoms with Gasteiger partial charge in [0.15, 0.2) is 0 Å². The van der Waals surface area contributed by atoms with Crippen molar-refractivity contribution >= 4 is 17.7 Å². The van der Waals surface area contributed by atoms with Gasteiger partial charge in [-0.1, -0.05) is 0 Å². The number of rotatable bonds is 2. The summed E-state index contributed by atoms with van der Waals surface area (Å²) >= 11 is 1.81. The van der Waals surface area contributed by atoms with Crippen molar-refractivity contribution in [1.29, 1.82) is 0 Å². The van der Waals surface area contributed by atoms with Crippen molar-refractivity contribution in [2.24, 2.45) is 11.7 Å². The van der Waals surface area contributed by atoms with Crippen LogP contribution < -0.4 is 5.73 Å². The largest absolute Gasteiger partial charge is 0.468 e. The highest BCUT2D eigenvalue weighted by Gasteiger charge is 2.30. The zero-order chi connectivity index (χ0) is 7.56. The summed E-state index contributed by atoms with van der Waals surface area (Å²) in [6.07, 6.45) is 0. The van der Waals surface area contributed by atoms with Gasteiger partial charge in [0.05, 0.1) is 7.11 Å². The Kier molecular flexibility index (Phi) is 2.56. The van der Waals surface area contributed by atoms with E-state index < -0.39 is 6.04 Å². The highest BCUT2D eigenvalue weighted by molar-refractivity contribution is 8.00. The fraction of sp³-hybridized carbons (Fsp3) is 0.833. The van der Waals surface area contributed by atoms with Crippen LogP contribution in [0.4, 0.5) is 0 Å². The second-order valence-corrected chi connectivity index (χ2v) is 3.42. The Bertz CT molecular complexity index is 136. The molecule has 1 aliphatic heterocycles. The first kappa shape index (κ1) is 7.88. The van der Waals surface area contributed by atoms with Gasteiger partial charge in [-0.15, -0.1) is 0 Å². The highest BCUT2D eigenvalue weighted by Crippen LogP contribution is 2.26. The summed E-state index contributed by atoms with van der Waals surface area (Å²) in [7, 11) is 1.37. The van der Waals surface area contributed by atoms with Crippen molar-refractivity contribution in [3.63, 3.8) is 0 Å². The Morgan fingerprint density at radius 3 is 2.70 bits per heavy atom. The Balaban J connectivity index is 2.31. The monoisotopic (exact) mass is 161 g/mol. The molecule has 0 radical (unpaired) electrons. The van der Waals surface area contributed by atoms with Crippen molar-refractivity contribution in [3.8, 4) is 0 Å². The molecule has 0 saturated carbocycles. The maximum atomic E-state index is 10.8. The molecule has 1 saturated heterocycles. The van der Waals surface area contributed by atoms with Gasteiger partial charge in [-0.05, 0) is 11.5 Å². The summed E-state index contributed by atoms with van der Waals surface area (Å²) < 4.78 is 4.50. The van der Waals surface area contributed by atoms with Gasteiger partial charge in [-0.25, -0.2) is 0 Å². The second kappa shape index (κ2) is 3.25. The van der Waals surface area contributed by atoms with Crippen molar-refractivity contribution in [2.75, 3.05) is 18.6 Å². The molecule has 0 bridgehead atoms. The molecule has 4 heteroatoms. The molecule has 0 unspecified atom stereocenters. The Hall–Kier alpha value is -0.220. The van der Waals surface area contributed by atoms with Crippen molar-refractivity contribution in [1.82, 2.24) is 0 Å². The van der Waals surface area contributed by atoms with E-state index in [0.29, 0.717) is 5.92 Å². The Labute approximate surface area is 64.3 Å². The van der Waals surface area contributed by atoms with Gasteiger partial charge >= 0.3 is 5.97 Å². The van der Waals surface area contributed by atoms with E-state index in [2.05, 4.69) is 4.74 Å². The van der Waals surface area contributed by atoms with E-state index in [1.54, 1.807) is 0 Å². The number of esters is 1. The van der Waals surface area contributed by atoms with Gasteiger partial charge in [0.25, 0.3) is 0 Å². The molecular weight excluding hydrogens is 150 g/mol. The van der Waals surface area contributed by atoms with Crippen molar-refractivity contribution < 1.29 is 9.53 Å². The van der Waals surface area contributed by atoms with E-state index in [1.165, 1.54) is 7.11 Å². The van der Waals surface area contributed by atoms with Crippen LogP contribution in [0.5, 0.6) is 0 Å². The van der Waals surface area contributed by atoms with Gasteiger partial charge in [-0.2, -0.15) is 11.8 Å². The maximum Gasteiger partial charge on any atom is 0.322 e. The van der Waals surface area contributed by atoms with E-state index in [4.69, 9.17) is 5.73 Å². The summed E-state index contributed by atoms with van der Waals surface area (Å²) in [5.41, 5.74) is 5.55. The first-order valence-corrected chi connectivity index (χ1v) is 4.32. The lowest BCUT2D eigenvalue weighted by Crippen LogP contribution is -2.44. The quantitative estimate of drug-likeness (QED) is 0.572. The molecular formula is C6H11NO2S. The summed E-state index contributed by atoms with van der Waals surface area (Å²) in [4.78, 5) is 10.8. The Morgan fingerprint density at radius 2 is 2.40 bits per heavy atom. The zero-order valence-electron chi connectivity index (χ0n) is 5.87. The van der Waals surface area contributed by atoms with E-state index in [0.717, 1.165) is 11.5 Å². The van der Waals surface area contributed by atoms with Gasteiger partial charge in [0.2, 0.25) is 0 Å². The van der Waals surface area contributed by atoms with Gasteiger partial charge < -0.3 is 10.5 Å². The summed E-state index contributed by atoms with van der Waals surface area (Å²) in [5.74, 6) is 2.05. The molecule has 0 aliphatic carbocycles. The number of carbonyl (C=O) groups excluding carboxylic acids is 1. The third-order valence-corrected chi connectivity index (χ3v) is 2.97. The van der Waals surface area contributed by atoms with E-state index >= 15 is 0 Å². The van der Waals surface area contributed by atoms with Gasteiger partial charge in [0, 0.05) is 5.92 Å². The van der Waals surface area contributed by atoms with Crippen LogP contribution in [0.3, 0.4) is 0 Å². The van der Waals surface area contributed by atoms with Crippen LogP contribution in [0.15, 0.2) is 0 Å². The predicted molar refractivity (Wildman–Crippen MR) is 40.8 cm³/mol. The standard InChI is InChI=1S/C6H11NO2S/c1-9-6(8)5(7)4-2-10-3-4/h4-5H,2-3,7H2,1H3/t5-/m0/s1. The minimum absolute atomic E-state index is 0.287. The minimum Gasteiger partial charge on any atom is -0.468 e. The van der Waals surface area contributed by atoms with Crippen LogP contribution in [-0.4, -0.2) is 30.6 Å². The molecule has 1 fully saturated rings. The fourth-order valence-electron chi connectivity index (χ4n) is 0.790. The third kappa shape index (κ3) is 1.44. The molecule has 2 N–H and O–H groups in total. The van der Waals surface area contributed by atoms with Crippen LogP contribution in [0.1, 0.15) is 0 Å².